The average molecular weight is 193 g/mol. The van der Waals surface area contributed by atoms with E-state index in [9.17, 15) is 0 Å². The number of hydrogen-bond donors (Lipinski definition) is 1. The van der Waals surface area contributed by atoms with Crippen molar-refractivity contribution in [1.29, 1.82) is 0 Å². The Morgan fingerprint density at radius 3 is 2.36 bits per heavy atom. The molecular formula is C12H19NO. The third-order valence-corrected chi connectivity index (χ3v) is 2.38. The predicted molar refractivity (Wildman–Crippen MR) is 59.7 cm³/mol. The summed E-state index contributed by atoms with van der Waals surface area (Å²) in [6.45, 7) is 8.07. The van der Waals surface area contributed by atoms with Crippen LogP contribution in [0, 0.1) is 13.8 Å². The Morgan fingerprint density at radius 1 is 1.21 bits per heavy atom. The molecule has 0 aliphatic rings. The number of benzene rings is 1. The summed E-state index contributed by atoms with van der Waals surface area (Å²) in [5.41, 5.74) is 8.16. The van der Waals surface area contributed by atoms with Crippen LogP contribution in [0.4, 0.5) is 0 Å². The fourth-order valence-electron chi connectivity index (χ4n) is 1.24. The van der Waals surface area contributed by atoms with E-state index in [0.29, 0.717) is 0 Å². The molecule has 0 radical (unpaired) electrons. The number of aryl methyl sites for hydroxylation is 2. The first-order chi connectivity index (χ1) is 6.50. The molecule has 1 aromatic rings. The highest BCUT2D eigenvalue weighted by Gasteiger charge is 2.10. The maximum Gasteiger partial charge on any atom is 0.122 e. The van der Waals surface area contributed by atoms with Crippen LogP contribution in [0.25, 0.3) is 0 Å². The van der Waals surface area contributed by atoms with E-state index in [-0.39, 0.29) is 12.1 Å². The van der Waals surface area contributed by atoms with Gasteiger partial charge in [-0.2, -0.15) is 0 Å². The van der Waals surface area contributed by atoms with Crippen molar-refractivity contribution in [3.05, 3.63) is 29.3 Å². The molecule has 2 N–H and O–H groups in total. The molecule has 0 bridgehead atoms. The lowest BCUT2D eigenvalue weighted by atomic mass is 10.1. The number of rotatable bonds is 3. The summed E-state index contributed by atoms with van der Waals surface area (Å²) in [7, 11) is 0. The normalized spacial score (nSPS) is 14.9. The van der Waals surface area contributed by atoms with Gasteiger partial charge in [0.25, 0.3) is 0 Å². The van der Waals surface area contributed by atoms with Gasteiger partial charge in [0.1, 0.15) is 11.9 Å². The molecule has 2 atom stereocenters. The third kappa shape index (κ3) is 2.74. The molecule has 0 saturated heterocycles. The second-order valence-electron chi connectivity index (χ2n) is 3.95. The second-order valence-corrected chi connectivity index (χ2v) is 3.95. The first kappa shape index (κ1) is 11.1. The molecule has 1 unspecified atom stereocenters. The predicted octanol–water partition coefficient (Wildman–Crippen LogP) is 2.42. The molecule has 78 valence electrons. The monoisotopic (exact) mass is 193 g/mol. The second kappa shape index (κ2) is 4.47. The topological polar surface area (TPSA) is 35.2 Å². The first-order valence-electron chi connectivity index (χ1n) is 5.00. The standard InChI is InChI=1S/C12H19NO/c1-8-5-6-12(9(2)7-8)14-11(4)10(3)13/h5-7,10-11H,13H2,1-4H3/t10-,11?/m1/s1. The molecule has 1 aromatic carbocycles. The molecule has 1 rings (SSSR count). The van der Waals surface area contributed by atoms with Gasteiger partial charge < -0.3 is 10.5 Å². The zero-order valence-corrected chi connectivity index (χ0v) is 9.37. The van der Waals surface area contributed by atoms with E-state index in [4.69, 9.17) is 10.5 Å². The largest absolute Gasteiger partial charge is 0.489 e. The molecular weight excluding hydrogens is 174 g/mol. The third-order valence-electron chi connectivity index (χ3n) is 2.38. The molecule has 0 aromatic heterocycles. The van der Waals surface area contributed by atoms with Crippen molar-refractivity contribution in [3.63, 3.8) is 0 Å². The van der Waals surface area contributed by atoms with Crippen LogP contribution in [0.2, 0.25) is 0 Å². The van der Waals surface area contributed by atoms with Crippen LogP contribution in [0.5, 0.6) is 5.75 Å². The van der Waals surface area contributed by atoms with Crippen LogP contribution in [0.1, 0.15) is 25.0 Å². The van der Waals surface area contributed by atoms with Gasteiger partial charge in [-0.15, -0.1) is 0 Å². The van der Waals surface area contributed by atoms with Gasteiger partial charge in [0.05, 0.1) is 0 Å². The molecule has 14 heavy (non-hydrogen) atoms. The maximum atomic E-state index is 5.74. The Bertz CT molecular complexity index is 307. The summed E-state index contributed by atoms with van der Waals surface area (Å²) >= 11 is 0. The minimum absolute atomic E-state index is 0.0516. The van der Waals surface area contributed by atoms with Crippen molar-refractivity contribution in [2.75, 3.05) is 0 Å². The summed E-state index contributed by atoms with van der Waals surface area (Å²) in [6.07, 6.45) is 0.0522. The Labute approximate surface area is 86.1 Å². The molecule has 0 aliphatic heterocycles. The van der Waals surface area contributed by atoms with Gasteiger partial charge in [0.15, 0.2) is 0 Å². The quantitative estimate of drug-likeness (QED) is 0.800. The Balaban J connectivity index is 2.77. The van der Waals surface area contributed by atoms with Crippen molar-refractivity contribution in [3.8, 4) is 5.75 Å². The Hall–Kier alpha value is -1.02. The summed E-state index contributed by atoms with van der Waals surface area (Å²) < 4.78 is 5.74. The van der Waals surface area contributed by atoms with Crippen molar-refractivity contribution in [2.45, 2.75) is 39.8 Å². The lowest BCUT2D eigenvalue weighted by Crippen LogP contribution is -2.33. The fraction of sp³-hybridized carbons (Fsp3) is 0.500. The van der Waals surface area contributed by atoms with Crippen molar-refractivity contribution in [1.82, 2.24) is 0 Å². The summed E-state index contributed by atoms with van der Waals surface area (Å²) in [4.78, 5) is 0. The van der Waals surface area contributed by atoms with Crippen LogP contribution in [-0.4, -0.2) is 12.1 Å². The van der Waals surface area contributed by atoms with Gasteiger partial charge in [-0.1, -0.05) is 17.7 Å². The molecule has 0 spiro atoms. The zero-order valence-electron chi connectivity index (χ0n) is 9.37. The van der Waals surface area contributed by atoms with Gasteiger partial charge >= 0.3 is 0 Å². The van der Waals surface area contributed by atoms with E-state index in [1.165, 1.54) is 5.56 Å². The maximum absolute atomic E-state index is 5.74. The minimum atomic E-state index is 0.0516. The van der Waals surface area contributed by atoms with Gasteiger partial charge in [-0.05, 0) is 39.3 Å². The molecule has 0 fully saturated rings. The number of hydrogen-bond acceptors (Lipinski definition) is 2. The zero-order chi connectivity index (χ0) is 10.7. The Morgan fingerprint density at radius 2 is 1.86 bits per heavy atom. The smallest absolute Gasteiger partial charge is 0.122 e. The van der Waals surface area contributed by atoms with Crippen molar-refractivity contribution in [2.24, 2.45) is 5.73 Å². The molecule has 0 amide bonds. The average Bonchev–Trinajstić information content (AvgIpc) is 2.09. The van der Waals surface area contributed by atoms with Gasteiger partial charge in [-0.3, -0.25) is 0 Å². The van der Waals surface area contributed by atoms with Crippen molar-refractivity contribution >= 4 is 0 Å². The molecule has 2 heteroatoms. The molecule has 0 aliphatic carbocycles. The lowest BCUT2D eigenvalue weighted by molar-refractivity contribution is 0.195. The van der Waals surface area contributed by atoms with Crippen LogP contribution in [0.3, 0.4) is 0 Å². The first-order valence-corrected chi connectivity index (χ1v) is 5.00. The number of nitrogens with two attached hydrogens (primary N) is 1. The summed E-state index contributed by atoms with van der Waals surface area (Å²) in [6, 6.07) is 6.22. The highest BCUT2D eigenvalue weighted by atomic mass is 16.5. The van der Waals surface area contributed by atoms with Gasteiger partial charge in [-0.25, -0.2) is 0 Å². The highest BCUT2D eigenvalue weighted by Crippen LogP contribution is 2.20. The van der Waals surface area contributed by atoms with Crippen LogP contribution >= 0.6 is 0 Å². The highest BCUT2D eigenvalue weighted by molar-refractivity contribution is 5.35. The van der Waals surface area contributed by atoms with Crippen molar-refractivity contribution < 1.29 is 4.74 Å². The summed E-state index contributed by atoms with van der Waals surface area (Å²) in [5, 5.41) is 0. The SMILES string of the molecule is Cc1ccc(OC(C)[C@@H](C)N)c(C)c1. The molecule has 2 nitrogen and oxygen atoms in total. The van der Waals surface area contributed by atoms with Gasteiger partial charge in [0, 0.05) is 6.04 Å². The van der Waals surface area contributed by atoms with Gasteiger partial charge in [0.2, 0.25) is 0 Å². The fourth-order valence-corrected chi connectivity index (χ4v) is 1.24. The van der Waals surface area contributed by atoms with E-state index in [1.807, 2.05) is 19.9 Å². The summed E-state index contributed by atoms with van der Waals surface area (Å²) in [5.74, 6) is 0.931. The van der Waals surface area contributed by atoms with E-state index < -0.39 is 0 Å². The van der Waals surface area contributed by atoms with Crippen LogP contribution < -0.4 is 10.5 Å². The van der Waals surface area contributed by atoms with E-state index in [1.54, 1.807) is 0 Å². The minimum Gasteiger partial charge on any atom is -0.489 e. The Kier molecular flexibility index (Phi) is 3.53. The van der Waals surface area contributed by atoms with E-state index >= 15 is 0 Å². The molecule has 0 heterocycles. The number of ether oxygens (including phenoxy) is 1. The molecule has 0 saturated carbocycles. The van der Waals surface area contributed by atoms with E-state index in [2.05, 4.69) is 26.0 Å². The van der Waals surface area contributed by atoms with Crippen LogP contribution in [-0.2, 0) is 0 Å². The van der Waals surface area contributed by atoms with Crippen LogP contribution in [0.15, 0.2) is 18.2 Å². The lowest BCUT2D eigenvalue weighted by Gasteiger charge is -2.19. The van der Waals surface area contributed by atoms with E-state index in [0.717, 1.165) is 11.3 Å².